The van der Waals surface area contributed by atoms with Crippen molar-refractivity contribution in [2.45, 2.75) is 11.4 Å². The third kappa shape index (κ3) is 4.15. The molecule has 0 fully saturated rings. The first-order valence-electron chi connectivity index (χ1n) is 6.86. The van der Waals surface area contributed by atoms with Crippen LogP contribution in [0.4, 0.5) is 0 Å². The Morgan fingerprint density at radius 3 is 2.17 bits per heavy atom. The molecular weight excluding hydrogens is 328 g/mol. The second-order valence-electron chi connectivity index (χ2n) is 4.63. The number of sulfone groups is 1. The Bertz CT molecular complexity index is 824. The second-order valence-corrected chi connectivity index (χ2v) is 7.33. The van der Waals surface area contributed by atoms with Crippen LogP contribution in [0, 0.1) is 11.3 Å². The summed E-state index contributed by atoms with van der Waals surface area (Å²) in [6.07, 6.45) is 1.74. The molecule has 0 radical (unpaired) electrons. The summed E-state index contributed by atoms with van der Waals surface area (Å²) in [5.41, 5.74) is 1.01. The van der Waals surface area contributed by atoms with Crippen LogP contribution in [0.1, 0.15) is 5.56 Å². The molecule has 0 aromatic heterocycles. The van der Waals surface area contributed by atoms with E-state index in [1.54, 1.807) is 24.5 Å². The van der Waals surface area contributed by atoms with E-state index in [9.17, 15) is 13.7 Å². The summed E-state index contributed by atoms with van der Waals surface area (Å²) in [7, 11) is -3.83. The van der Waals surface area contributed by atoms with Crippen molar-refractivity contribution >= 4 is 21.6 Å². The van der Waals surface area contributed by atoms with Gasteiger partial charge in [-0.3, -0.25) is 0 Å². The van der Waals surface area contributed by atoms with Gasteiger partial charge in [-0.25, -0.2) is 8.42 Å². The number of hydrogen-bond donors (Lipinski definition) is 1. The predicted octanol–water partition coefficient (Wildman–Crippen LogP) is 3.31. The molecule has 0 saturated carbocycles. The standard InChI is InChI=1S/C17H16N2O2S2/c1-22-17(19-13-14-8-4-2-5-9-14)16(12-18)23(20,21)15-10-6-3-7-11-15/h2-11,19H,13H2,1H3/b17-16+. The molecule has 0 aliphatic carbocycles. The van der Waals surface area contributed by atoms with E-state index in [0.29, 0.717) is 11.6 Å². The van der Waals surface area contributed by atoms with Gasteiger partial charge in [-0.1, -0.05) is 48.5 Å². The molecule has 0 amide bonds. The highest BCUT2D eigenvalue weighted by Crippen LogP contribution is 2.25. The zero-order valence-corrected chi connectivity index (χ0v) is 14.2. The summed E-state index contributed by atoms with van der Waals surface area (Å²) in [5.74, 6) is 0. The number of rotatable bonds is 6. The summed E-state index contributed by atoms with van der Waals surface area (Å²) in [6.45, 7) is 0.451. The topological polar surface area (TPSA) is 70.0 Å². The zero-order chi connectivity index (χ0) is 16.7. The molecule has 2 aromatic carbocycles. The lowest BCUT2D eigenvalue weighted by molar-refractivity contribution is 0.602. The van der Waals surface area contributed by atoms with Crippen LogP contribution in [0.2, 0.25) is 0 Å². The molecule has 2 rings (SSSR count). The van der Waals surface area contributed by atoms with Crippen molar-refractivity contribution < 1.29 is 8.42 Å². The molecular formula is C17H16N2O2S2. The van der Waals surface area contributed by atoms with Gasteiger partial charge in [-0.15, -0.1) is 11.8 Å². The Hall–Kier alpha value is -2.23. The molecule has 0 saturated heterocycles. The molecule has 0 spiro atoms. The molecule has 0 atom stereocenters. The highest BCUT2D eigenvalue weighted by Gasteiger charge is 2.24. The number of allylic oxidation sites excluding steroid dienone is 1. The van der Waals surface area contributed by atoms with E-state index in [1.165, 1.54) is 23.9 Å². The molecule has 0 aliphatic rings. The molecule has 0 bridgehead atoms. The molecule has 4 nitrogen and oxygen atoms in total. The Morgan fingerprint density at radius 2 is 1.65 bits per heavy atom. The van der Waals surface area contributed by atoms with E-state index in [2.05, 4.69) is 5.32 Å². The SMILES string of the molecule is CS/C(NCc1ccccc1)=C(\C#N)S(=O)(=O)c1ccccc1. The Morgan fingerprint density at radius 1 is 1.09 bits per heavy atom. The number of nitrogens with zero attached hydrogens (tertiary/aromatic N) is 1. The average molecular weight is 344 g/mol. The van der Waals surface area contributed by atoms with Gasteiger partial charge in [-0.05, 0) is 24.0 Å². The third-order valence-electron chi connectivity index (χ3n) is 3.13. The highest BCUT2D eigenvalue weighted by atomic mass is 32.2. The maximum atomic E-state index is 12.6. The highest BCUT2D eigenvalue weighted by molar-refractivity contribution is 8.04. The maximum absolute atomic E-state index is 12.6. The van der Waals surface area contributed by atoms with Crippen molar-refractivity contribution in [1.29, 1.82) is 5.26 Å². The lowest BCUT2D eigenvalue weighted by atomic mass is 10.2. The van der Waals surface area contributed by atoms with Crippen molar-refractivity contribution in [2.75, 3.05) is 6.26 Å². The van der Waals surface area contributed by atoms with Gasteiger partial charge in [0.15, 0.2) is 4.91 Å². The van der Waals surface area contributed by atoms with E-state index >= 15 is 0 Å². The summed E-state index contributed by atoms with van der Waals surface area (Å²) < 4.78 is 25.3. The number of thioether (sulfide) groups is 1. The fraction of sp³-hybridized carbons (Fsp3) is 0.118. The number of hydrogen-bond acceptors (Lipinski definition) is 5. The van der Waals surface area contributed by atoms with Gasteiger partial charge in [-0.2, -0.15) is 5.26 Å². The van der Waals surface area contributed by atoms with E-state index in [4.69, 9.17) is 0 Å². The molecule has 23 heavy (non-hydrogen) atoms. The number of nitriles is 1. The first kappa shape index (κ1) is 17.1. The summed E-state index contributed by atoms with van der Waals surface area (Å²) >= 11 is 1.21. The minimum atomic E-state index is -3.83. The van der Waals surface area contributed by atoms with Gasteiger partial charge in [0.1, 0.15) is 6.07 Å². The molecule has 1 N–H and O–H groups in total. The monoisotopic (exact) mass is 344 g/mol. The molecule has 2 aromatic rings. The van der Waals surface area contributed by atoms with Crippen LogP contribution in [0.3, 0.4) is 0 Å². The first-order valence-corrected chi connectivity index (χ1v) is 9.56. The van der Waals surface area contributed by atoms with Crippen molar-refractivity contribution in [3.63, 3.8) is 0 Å². The summed E-state index contributed by atoms with van der Waals surface area (Å²) in [5, 5.41) is 12.8. The van der Waals surface area contributed by atoms with E-state index in [1.807, 2.05) is 36.4 Å². The largest absolute Gasteiger partial charge is 0.374 e. The van der Waals surface area contributed by atoms with E-state index in [-0.39, 0.29) is 9.80 Å². The van der Waals surface area contributed by atoms with Crippen LogP contribution >= 0.6 is 11.8 Å². The molecule has 6 heteroatoms. The maximum Gasteiger partial charge on any atom is 0.219 e. The Labute approximate surface area is 140 Å². The van der Waals surface area contributed by atoms with Crippen molar-refractivity contribution in [3.05, 3.63) is 76.2 Å². The van der Waals surface area contributed by atoms with Crippen molar-refractivity contribution in [3.8, 4) is 6.07 Å². The van der Waals surface area contributed by atoms with Crippen LogP contribution in [0.15, 0.2) is 75.5 Å². The van der Waals surface area contributed by atoms with Gasteiger partial charge >= 0.3 is 0 Å². The molecule has 0 unspecified atom stereocenters. The number of nitrogens with one attached hydrogen (secondary N) is 1. The van der Waals surface area contributed by atoms with E-state index in [0.717, 1.165) is 5.56 Å². The molecule has 0 aliphatic heterocycles. The van der Waals surface area contributed by atoms with Crippen LogP contribution in [-0.2, 0) is 16.4 Å². The van der Waals surface area contributed by atoms with Crippen molar-refractivity contribution in [2.24, 2.45) is 0 Å². The fourth-order valence-corrected chi connectivity index (χ4v) is 4.19. The van der Waals surface area contributed by atoms with Crippen LogP contribution in [-0.4, -0.2) is 14.7 Å². The van der Waals surface area contributed by atoms with E-state index < -0.39 is 9.84 Å². The first-order chi connectivity index (χ1) is 11.1. The van der Waals surface area contributed by atoms with Gasteiger partial charge in [0, 0.05) is 6.54 Å². The normalized spacial score (nSPS) is 12.2. The third-order valence-corrected chi connectivity index (χ3v) is 5.74. The fourth-order valence-electron chi connectivity index (χ4n) is 1.97. The quantitative estimate of drug-likeness (QED) is 0.814. The number of benzene rings is 2. The Kier molecular flexibility index (Phi) is 5.85. The predicted molar refractivity (Wildman–Crippen MR) is 93.1 cm³/mol. The molecule has 0 heterocycles. The minimum Gasteiger partial charge on any atom is -0.374 e. The van der Waals surface area contributed by atoms with Gasteiger partial charge in [0.2, 0.25) is 9.84 Å². The average Bonchev–Trinajstić information content (AvgIpc) is 2.60. The van der Waals surface area contributed by atoms with Crippen molar-refractivity contribution in [1.82, 2.24) is 5.32 Å². The lowest BCUT2D eigenvalue weighted by Gasteiger charge is -2.12. The van der Waals surface area contributed by atoms with Gasteiger partial charge in [0.25, 0.3) is 0 Å². The Balaban J connectivity index is 2.35. The van der Waals surface area contributed by atoms with Gasteiger partial charge in [0.05, 0.1) is 9.92 Å². The lowest BCUT2D eigenvalue weighted by Crippen LogP contribution is -2.16. The smallest absolute Gasteiger partial charge is 0.219 e. The van der Waals surface area contributed by atoms with Crippen LogP contribution in [0.5, 0.6) is 0 Å². The van der Waals surface area contributed by atoms with Crippen LogP contribution in [0.25, 0.3) is 0 Å². The molecule has 118 valence electrons. The second kappa shape index (κ2) is 7.86. The summed E-state index contributed by atoms with van der Waals surface area (Å²) in [6, 6.07) is 19.4. The summed E-state index contributed by atoms with van der Waals surface area (Å²) in [4.78, 5) is -0.142. The zero-order valence-electron chi connectivity index (χ0n) is 12.6. The van der Waals surface area contributed by atoms with Crippen LogP contribution < -0.4 is 5.32 Å². The van der Waals surface area contributed by atoms with Gasteiger partial charge < -0.3 is 5.32 Å². The minimum absolute atomic E-state index is 0.115.